The van der Waals surface area contributed by atoms with E-state index in [1.807, 2.05) is 41.9 Å². The molecule has 0 aliphatic rings. The van der Waals surface area contributed by atoms with Crippen molar-refractivity contribution < 1.29 is 0 Å². The van der Waals surface area contributed by atoms with Gasteiger partial charge in [-0.1, -0.05) is 48.5 Å². The van der Waals surface area contributed by atoms with Gasteiger partial charge in [-0.2, -0.15) is 0 Å². The van der Waals surface area contributed by atoms with Gasteiger partial charge in [-0.05, 0) is 33.1 Å². The zero-order valence-electron chi connectivity index (χ0n) is 10.4. The Kier molecular flexibility index (Phi) is 3.17. The van der Waals surface area contributed by atoms with Crippen molar-refractivity contribution in [2.24, 2.45) is 7.05 Å². The number of hydrogen-bond acceptors (Lipinski definition) is 2. The Morgan fingerprint density at radius 1 is 0.842 bits per heavy atom. The fourth-order valence-corrected chi connectivity index (χ4v) is 2.28. The molecule has 0 bridgehead atoms. The lowest BCUT2D eigenvalue weighted by molar-refractivity contribution is 0.889. The van der Waals surface area contributed by atoms with Crippen molar-refractivity contribution in [2.45, 2.75) is 0 Å². The third kappa shape index (κ3) is 2.31. The molecule has 0 saturated heterocycles. The molecule has 3 nitrogen and oxygen atoms in total. The average Bonchev–Trinajstić information content (AvgIpc) is 2.80. The summed E-state index contributed by atoms with van der Waals surface area (Å²) in [7, 11) is 1.94. The van der Waals surface area contributed by atoms with E-state index in [9.17, 15) is 0 Å². The molecule has 2 aromatic carbocycles. The third-order valence-electron chi connectivity index (χ3n) is 3.05. The van der Waals surface area contributed by atoms with Crippen molar-refractivity contribution >= 4 is 15.9 Å². The molecule has 0 radical (unpaired) electrons. The number of nitrogens with zero attached hydrogens (tertiary/aromatic N) is 3. The summed E-state index contributed by atoms with van der Waals surface area (Å²) in [4.78, 5) is 0. The predicted molar refractivity (Wildman–Crippen MR) is 79.6 cm³/mol. The molecule has 0 aliphatic carbocycles. The second-order valence-corrected chi connectivity index (χ2v) is 5.01. The van der Waals surface area contributed by atoms with E-state index >= 15 is 0 Å². The van der Waals surface area contributed by atoms with Gasteiger partial charge in [-0.3, -0.25) is 0 Å². The SMILES string of the molecule is Cn1c(Br)nnc1-c1cccc(-c2ccccc2)c1. The van der Waals surface area contributed by atoms with Gasteiger partial charge in [-0.25, -0.2) is 0 Å². The Labute approximate surface area is 120 Å². The van der Waals surface area contributed by atoms with Crippen LogP contribution in [-0.2, 0) is 7.05 Å². The highest BCUT2D eigenvalue weighted by Gasteiger charge is 2.09. The van der Waals surface area contributed by atoms with Gasteiger partial charge in [0, 0.05) is 12.6 Å². The largest absolute Gasteiger partial charge is 0.305 e. The quantitative estimate of drug-likeness (QED) is 0.718. The van der Waals surface area contributed by atoms with Crippen LogP contribution in [0.15, 0.2) is 59.3 Å². The maximum Gasteiger partial charge on any atom is 0.200 e. The third-order valence-corrected chi connectivity index (χ3v) is 3.74. The lowest BCUT2D eigenvalue weighted by Crippen LogP contribution is -1.93. The predicted octanol–water partition coefficient (Wildman–Crippen LogP) is 3.91. The molecule has 0 amide bonds. The van der Waals surface area contributed by atoms with E-state index in [2.05, 4.69) is 50.4 Å². The highest BCUT2D eigenvalue weighted by molar-refractivity contribution is 9.10. The van der Waals surface area contributed by atoms with Gasteiger partial charge < -0.3 is 4.57 Å². The second kappa shape index (κ2) is 4.97. The van der Waals surface area contributed by atoms with Gasteiger partial charge in [0.25, 0.3) is 0 Å². The Balaban J connectivity index is 2.08. The van der Waals surface area contributed by atoms with Gasteiger partial charge in [0.2, 0.25) is 0 Å². The van der Waals surface area contributed by atoms with Crippen LogP contribution in [0.2, 0.25) is 0 Å². The summed E-state index contributed by atoms with van der Waals surface area (Å²) >= 11 is 3.37. The van der Waals surface area contributed by atoms with Crippen molar-refractivity contribution in [3.05, 3.63) is 59.3 Å². The molecule has 3 aromatic rings. The molecule has 1 heterocycles. The summed E-state index contributed by atoms with van der Waals surface area (Å²) in [5, 5.41) is 8.21. The number of hydrogen-bond donors (Lipinski definition) is 0. The van der Waals surface area contributed by atoms with E-state index in [1.54, 1.807) is 0 Å². The van der Waals surface area contributed by atoms with Gasteiger partial charge in [0.15, 0.2) is 10.6 Å². The van der Waals surface area contributed by atoms with Crippen molar-refractivity contribution in [3.63, 3.8) is 0 Å². The smallest absolute Gasteiger partial charge is 0.200 e. The fraction of sp³-hybridized carbons (Fsp3) is 0.0667. The molecule has 1 aromatic heterocycles. The van der Waals surface area contributed by atoms with Gasteiger partial charge in [0.1, 0.15) is 0 Å². The molecule has 0 unspecified atom stereocenters. The molecule has 3 rings (SSSR count). The van der Waals surface area contributed by atoms with Crippen LogP contribution in [0.25, 0.3) is 22.5 Å². The van der Waals surface area contributed by atoms with Gasteiger partial charge >= 0.3 is 0 Å². The molecule has 4 heteroatoms. The minimum absolute atomic E-state index is 0.729. The summed E-state index contributed by atoms with van der Waals surface area (Å²) in [6.07, 6.45) is 0. The van der Waals surface area contributed by atoms with Gasteiger partial charge in [0.05, 0.1) is 0 Å². The molecule has 0 saturated carbocycles. The van der Waals surface area contributed by atoms with Crippen LogP contribution < -0.4 is 0 Å². The zero-order valence-corrected chi connectivity index (χ0v) is 12.0. The minimum atomic E-state index is 0.729. The van der Waals surface area contributed by atoms with Crippen molar-refractivity contribution in [3.8, 4) is 22.5 Å². The number of aromatic nitrogens is 3. The fourth-order valence-electron chi connectivity index (χ4n) is 2.03. The van der Waals surface area contributed by atoms with Crippen LogP contribution in [0.4, 0.5) is 0 Å². The van der Waals surface area contributed by atoms with E-state index < -0.39 is 0 Å². The summed E-state index contributed by atoms with van der Waals surface area (Å²) in [5.41, 5.74) is 3.44. The molecular formula is C15H12BrN3. The molecule has 0 atom stereocenters. The van der Waals surface area contributed by atoms with E-state index in [4.69, 9.17) is 0 Å². The number of halogens is 1. The van der Waals surface area contributed by atoms with E-state index in [1.165, 1.54) is 11.1 Å². The summed E-state index contributed by atoms with van der Waals surface area (Å²) in [6.45, 7) is 0. The minimum Gasteiger partial charge on any atom is -0.305 e. The van der Waals surface area contributed by atoms with Crippen molar-refractivity contribution in [2.75, 3.05) is 0 Å². The topological polar surface area (TPSA) is 30.7 Å². The highest BCUT2D eigenvalue weighted by atomic mass is 79.9. The Morgan fingerprint density at radius 2 is 1.53 bits per heavy atom. The van der Waals surface area contributed by atoms with Crippen LogP contribution in [0.1, 0.15) is 0 Å². The van der Waals surface area contributed by atoms with E-state index in [0.717, 1.165) is 16.1 Å². The molecule has 0 N–H and O–H groups in total. The Bertz CT molecular complexity index is 704. The molecule has 0 fully saturated rings. The van der Waals surface area contributed by atoms with Crippen molar-refractivity contribution in [1.29, 1.82) is 0 Å². The maximum absolute atomic E-state index is 4.19. The van der Waals surface area contributed by atoms with Crippen LogP contribution in [0.3, 0.4) is 0 Å². The number of rotatable bonds is 2. The lowest BCUT2D eigenvalue weighted by atomic mass is 10.0. The summed E-state index contributed by atoms with van der Waals surface area (Å²) in [6, 6.07) is 18.6. The Morgan fingerprint density at radius 3 is 2.21 bits per heavy atom. The van der Waals surface area contributed by atoms with Crippen LogP contribution in [0.5, 0.6) is 0 Å². The van der Waals surface area contributed by atoms with E-state index in [0.29, 0.717) is 0 Å². The van der Waals surface area contributed by atoms with Crippen molar-refractivity contribution in [1.82, 2.24) is 14.8 Å². The molecular weight excluding hydrogens is 302 g/mol. The lowest BCUT2D eigenvalue weighted by Gasteiger charge is -2.05. The second-order valence-electron chi connectivity index (χ2n) is 4.30. The number of benzene rings is 2. The van der Waals surface area contributed by atoms with Crippen LogP contribution in [0, 0.1) is 0 Å². The normalized spacial score (nSPS) is 10.6. The first kappa shape index (κ1) is 12.1. The van der Waals surface area contributed by atoms with Crippen LogP contribution in [-0.4, -0.2) is 14.8 Å². The molecule has 0 spiro atoms. The first-order valence-corrected chi connectivity index (χ1v) is 6.76. The van der Waals surface area contributed by atoms with Gasteiger partial charge in [-0.15, -0.1) is 10.2 Å². The Hall–Kier alpha value is -1.94. The first-order chi connectivity index (χ1) is 9.25. The zero-order chi connectivity index (χ0) is 13.2. The first-order valence-electron chi connectivity index (χ1n) is 5.96. The van der Waals surface area contributed by atoms with Crippen LogP contribution >= 0.6 is 15.9 Å². The summed E-state index contributed by atoms with van der Waals surface area (Å²) < 4.78 is 2.65. The standard InChI is InChI=1S/C15H12BrN3/c1-19-14(17-18-15(19)16)13-9-5-8-12(10-13)11-6-3-2-4-7-11/h2-10H,1H3. The average molecular weight is 314 g/mol. The molecule has 19 heavy (non-hydrogen) atoms. The maximum atomic E-state index is 4.19. The molecule has 0 aliphatic heterocycles. The molecule has 94 valence electrons. The van der Waals surface area contributed by atoms with E-state index in [-0.39, 0.29) is 0 Å². The summed E-state index contributed by atoms with van der Waals surface area (Å²) in [5.74, 6) is 0.852. The highest BCUT2D eigenvalue weighted by Crippen LogP contribution is 2.25. The monoisotopic (exact) mass is 313 g/mol.